The lowest BCUT2D eigenvalue weighted by molar-refractivity contribution is 0.608. The molecule has 0 aliphatic rings. The molecule has 0 N–H and O–H groups in total. The number of halogens is 2. The summed E-state index contributed by atoms with van der Waals surface area (Å²) in [5.74, 6) is -0.168. The maximum Gasteiger partial charge on any atom is 0.236 e. The van der Waals surface area contributed by atoms with Gasteiger partial charge >= 0.3 is 0 Å². The molecular weight excluding hydrogens is 243 g/mol. The molecule has 0 saturated heterocycles. The van der Waals surface area contributed by atoms with Crippen molar-refractivity contribution in [2.45, 2.75) is 19.1 Å². The Morgan fingerprint density at radius 3 is 2.43 bits per heavy atom. The summed E-state index contributed by atoms with van der Waals surface area (Å²) in [5.41, 5.74) is 1.63. The third-order valence-corrected chi connectivity index (χ3v) is 3.10. The molecule has 14 heavy (non-hydrogen) atoms. The molecule has 1 aromatic rings. The highest BCUT2D eigenvalue weighted by atomic mass is 35.7. The second-order valence-electron chi connectivity index (χ2n) is 2.95. The molecule has 0 amide bonds. The first-order chi connectivity index (χ1) is 6.42. The van der Waals surface area contributed by atoms with Gasteiger partial charge in [0.2, 0.25) is 9.05 Å². The molecule has 0 atom stereocenters. The van der Waals surface area contributed by atoms with E-state index in [0.717, 1.165) is 12.0 Å². The summed E-state index contributed by atoms with van der Waals surface area (Å²) in [6.07, 6.45) is 0.763. The minimum Gasteiger partial charge on any atom is -0.212 e. The topological polar surface area (TPSA) is 34.1 Å². The SMILES string of the molecule is CCc1ccc(Cl)cc1CS(=O)(=O)Cl. The lowest BCUT2D eigenvalue weighted by Crippen LogP contribution is -1.99. The summed E-state index contributed by atoms with van der Waals surface area (Å²) in [4.78, 5) is 0. The second kappa shape index (κ2) is 4.51. The summed E-state index contributed by atoms with van der Waals surface area (Å²) < 4.78 is 21.8. The summed E-state index contributed by atoms with van der Waals surface area (Å²) in [6.45, 7) is 1.95. The highest BCUT2D eigenvalue weighted by Gasteiger charge is 2.10. The molecule has 1 aromatic carbocycles. The predicted molar refractivity (Wildman–Crippen MR) is 59.3 cm³/mol. The zero-order chi connectivity index (χ0) is 10.8. The van der Waals surface area contributed by atoms with Crippen molar-refractivity contribution in [2.75, 3.05) is 0 Å². The van der Waals surface area contributed by atoms with Crippen molar-refractivity contribution in [1.29, 1.82) is 0 Å². The van der Waals surface area contributed by atoms with Crippen molar-refractivity contribution >= 4 is 31.3 Å². The second-order valence-corrected chi connectivity index (χ2v) is 6.16. The molecule has 0 aromatic heterocycles. The van der Waals surface area contributed by atoms with E-state index in [9.17, 15) is 8.42 Å². The maximum absolute atomic E-state index is 10.9. The van der Waals surface area contributed by atoms with Crippen LogP contribution in [-0.4, -0.2) is 8.42 Å². The van der Waals surface area contributed by atoms with E-state index in [1.807, 2.05) is 13.0 Å². The molecule has 0 aliphatic heterocycles. The van der Waals surface area contributed by atoms with Gasteiger partial charge in [-0.2, -0.15) is 0 Å². The van der Waals surface area contributed by atoms with Crippen LogP contribution < -0.4 is 0 Å². The molecule has 0 aliphatic carbocycles. The fourth-order valence-corrected chi connectivity index (χ4v) is 2.45. The first-order valence-corrected chi connectivity index (χ1v) is 6.97. The van der Waals surface area contributed by atoms with Gasteiger partial charge in [-0.15, -0.1) is 0 Å². The minimum absolute atomic E-state index is 0.168. The van der Waals surface area contributed by atoms with Gasteiger partial charge in [-0.1, -0.05) is 24.6 Å². The number of hydrogen-bond acceptors (Lipinski definition) is 2. The Hall–Kier alpha value is -0.250. The Morgan fingerprint density at radius 1 is 1.29 bits per heavy atom. The van der Waals surface area contributed by atoms with Crippen LogP contribution in [0.25, 0.3) is 0 Å². The van der Waals surface area contributed by atoms with Gasteiger partial charge in [0, 0.05) is 15.7 Å². The summed E-state index contributed by atoms with van der Waals surface area (Å²) in [5, 5.41) is 0.525. The van der Waals surface area contributed by atoms with Crippen LogP contribution in [0.1, 0.15) is 18.1 Å². The van der Waals surface area contributed by atoms with E-state index in [-0.39, 0.29) is 5.75 Å². The van der Waals surface area contributed by atoms with E-state index < -0.39 is 9.05 Å². The molecule has 0 radical (unpaired) electrons. The lowest BCUT2D eigenvalue weighted by Gasteiger charge is -2.05. The fraction of sp³-hybridized carbons (Fsp3) is 0.333. The van der Waals surface area contributed by atoms with Crippen LogP contribution in [0.3, 0.4) is 0 Å². The van der Waals surface area contributed by atoms with Gasteiger partial charge in [-0.25, -0.2) is 8.42 Å². The van der Waals surface area contributed by atoms with Gasteiger partial charge in [0.15, 0.2) is 0 Å². The predicted octanol–water partition coefficient (Wildman–Crippen LogP) is 2.97. The van der Waals surface area contributed by atoms with E-state index in [4.69, 9.17) is 22.3 Å². The number of rotatable bonds is 3. The number of benzene rings is 1. The van der Waals surface area contributed by atoms with Crippen LogP contribution in [0.4, 0.5) is 0 Å². The van der Waals surface area contributed by atoms with Crippen molar-refractivity contribution in [1.82, 2.24) is 0 Å². The summed E-state index contributed by atoms with van der Waals surface area (Å²) >= 11 is 5.76. The van der Waals surface area contributed by atoms with Gasteiger partial charge in [-0.05, 0) is 29.7 Å². The number of aryl methyl sites for hydroxylation is 1. The van der Waals surface area contributed by atoms with Crippen LogP contribution >= 0.6 is 22.3 Å². The molecule has 2 nitrogen and oxygen atoms in total. The fourth-order valence-electron chi connectivity index (χ4n) is 1.26. The van der Waals surface area contributed by atoms with E-state index in [2.05, 4.69) is 0 Å². The maximum atomic E-state index is 10.9. The van der Waals surface area contributed by atoms with E-state index in [1.54, 1.807) is 12.1 Å². The molecular formula is C9H10Cl2O2S. The van der Waals surface area contributed by atoms with Gasteiger partial charge < -0.3 is 0 Å². The van der Waals surface area contributed by atoms with Crippen molar-refractivity contribution in [3.63, 3.8) is 0 Å². The van der Waals surface area contributed by atoms with Gasteiger partial charge in [0.25, 0.3) is 0 Å². The largest absolute Gasteiger partial charge is 0.236 e. The highest BCUT2D eigenvalue weighted by Crippen LogP contribution is 2.20. The van der Waals surface area contributed by atoms with Crippen molar-refractivity contribution < 1.29 is 8.42 Å². The standard InChI is InChI=1S/C9H10Cl2O2S/c1-2-7-3-4-9(10)5-8(7)6-14(11,12)13/h3-5H,2,6H2,1H3. The molecule has 0 bridgehead atoms. The van der Waals surface area contributed by atoms with Crippen molar-refractivity contribution in [2.24, 2.45) is 0 Å². The van der Waals surface area contributed by atoms with Crippen LogP contribution in [0.15, 0.2) is 18.2 Å². The minimum atomic E-state index is -3.51. The first kappa shape index (κ1) is 11.8. The van der Waals surface area contributed by atoms with E-state index in [1.165, 1.54) is 0 Å². The third kappa shape index (κ3) is 3.48. The highest BCUT2D eigenvalue weighted by molar-refractivity contribution is 8.13. The van der Waals surface area contributed by atoms with Crippen LogP contribution in [0, 0.1) is 0 Å². The molecule has 5 heteroatoms. The molecule has 0 heterocycles. The van der Waals surface area contributed by atoms with E-state index >= 15 is 0 Å². The Balaban J connectivity index is 3.11. The third-order valence-electron chi connectivity index (χ3n) is 1.88. The van der Waals surface area contributed by atoms with Gasteiger partial charge in [-0.3, -0.25) is 0 Å². The Bertz CT molecular complexity index is 426. The smallest absolute Gasteiger partial charge is 0.212 e. The molecule has 0 spiro atoms. The quantitative estimate of drug-likeness (QED) is 0.776. The average Bonchev–Trinajstić information content (AvgIpc) is 2.01. The normalized spacial score (nSPS) is 11.6. The number of hydrogen-bond donors (Lipinski definition) is 0. The summed E-state index contributed by atoms with van der Waals surface area (Å²) in [6, 6.07) is 5.20. The monoisotopic (exact) mass is 252 g/mol. The van der Waals surface area contributed by atoms with Crippen LogP contribution in [0.5, 0.6) is 0 Å². The zero-order valence-corrected chi connectivity index (χ0v) is 9.96. The molecule has 0 fully saturated rings. The first-order valence-electron chi connectivity index (χ1n) is 4.12. The van der Waals surface area contributed by atoms with Crippen LogP contribution in [0.2, 0.25) is 5.02 Å². The molecule has 78 valence electrons. The van der Waals surface area contributed by atoms with Crippen molar-refractivity contribution in [3.05, 3.63) is 34.3 Å². The van der Waals surface area contributed by atoms with Gasteiger partial charge in [0.1, 0.15) is 0 Å². The summed E-state index contributed by atoms with van der Waals surface area (Å²) in [7, 11) is 1.67. The van der Waals surface area contributed by atoms with Crippen LogP contribution in [-0.2, 0) is 21.2 Å². The average molecular weight is 253 g/mol. The van der Waals surface area contributed by atoms with Crippen molar-refractivity contribution in [3.8, 4) is 0 Å². The Morgan fingerprint density at radius 2 is 1.93 bits per heavy atom. The lowest BCUT2D eigenvalue weighted by atomic mass is 10.1. The molecule has 0 unspecified atom stereocenters. The zero-order valence-electron chi connectivity index (χ0n) is 7.63. The molecule has 1 rings (SSSR count). The van der Waals surface area contributed by atoms with E-state index in [0.29, 0.717) is 10.6 Å². The van der Waals surface area contributed by atoms with Gasteiger partial charge in [0.05, 0.1) is 5.75 Å². The Kier molecular flexibility index (Phi) is 3.81. The Labute approximate surface area is 93.3 Å². The molecule has 0 saturated carbocycles.